The molecule has 3 rings (SSSR count). The molecule has 3 aromatic rings. The van der Waals surface area contributed by atoms with Crippen LogP contribution in [0.15, 0.2) is 72.8 Å². The number of aryl methyl sites for hydroxylation is 1. The molecule has 1 heterocycles. The van der Waals surface area contributed by atoms with Crippen LogP contribution in [0, 0.1) is 0 Å². The van der Waals surface area contributed by atoms with Crippen LogP contribution in [-0.2, 0) is 13.0 Å². The van der Waals surface area contributed by atoms with Gasteiger partial charge in [0.25, 0.3) is 5.91 Å². The third kappa shape index (κ3) is 5.64. The van der Waals surface area contributed by atoms with Gasteiger partial charge in [0.1, 0.15) is 5.82 Å². The highest BCUT2D eigenvalue weighted by Gasteiger charge is 2.16. The Hall–Kier alpha value is -3.21. The van der Waals surface area contributed by atoms with E-state index in [2.05, 4.69) is 39.8 Å². The Kier molecular flexibility index (Phi) is 7.13. The van der Waals surface area contributed by atoms with Crippen LogP contribution in [0.25, 0.3) is 0 Å². The fourth-order valence-corrected chi connectivity index (χ4v) is 2.99. The second-order valence-electron chi connectivity index (χ2n) is 6.62. The first-order valence-corrected chi connectivity index (χ1v) is 9.71. The largest absolute Gasteiger partial charge is 0.369 e. The van der Waals surface area contributed by atoms with Gasteiger partial charge in [0.15, 0.2) is 5.69 Å². The maximum Gasteiger partial charge on any atom is 0.274 e. The number of carbonyl (C=O) groups is 1. The Bertz CT molecular complexity index is 851. The minimum atomic E-state index is -0.102. The van der Waals surface area contributed by atoms with Gasteiger partial charge in [-0.05, 0) is 43.0 Å². The Morgan fingerprint density at radius 3 is 2.18 bits per heavy atom. The van der Waals surface area contributed by atoms with Crippen LogP contribution in [0.5, 0.6) is 0 Å². The lowest BCUT2D eigenvalue weighted by Gasteiger charge is -2.20. The molecule has 0 aliphatic rings. The Balaban J connectivity index is 1.50. The van der Waals surface area contributed by atoms with Gasteiger partial charge in [-0.3, -0.25) is 4.79 Å². The van der Waals surface area contributed by atoms with E-state index in [1.54, 1.807) is 11.0 Å². The molecular weight excluding hydrogens is 348 g/mol. The summed E-state index contributed by atoms with van der Waals surface area (Å²) in [4.78, 5) is 14.5. The normalized spacial score (nSPS) is 10.5. The molecule has 0 unspecified atom stereocenters. The molecule has 0 radical (unpaired) electrons. The van der Waals surface area contributed by atoms with Crippen molar-refractivity contribution < 1.29 is 4.79 Å². The molecule has 5 nitrogen and oxygen atoms in total. The molecule has 0 fully saturated rings. The molecule has 0 aliphatic carbocycles. The molecule has 1 amide bonds. The standard InChI is InChI=1S/C23H26N4O/c1-2-27(18-20-12-7-4-8-13-20)23(28)21-15-16-22(26-25-21)24-17-9-14-19-10-5-3-6-11-19/h3-8,10-13,15-16H,2,9,14,17-18H2,1H3,(H,24,26). The first kappa shape index (κ1) is 19.5. The van der Waals surface area contributed by atoms with Crippen molar-refractivity contribution in [3.05, 3.63) is 89.6 Å². The van der Waals surface area contributed by atoms with E-state index in [0.717, 1.165) is 24.9 Å². The van der Waals surface area contributed by atoms with Crippen LogP contribution in [0.3, 0.4) is 0 Å². The lowest BCUT2D eigenvalue weighted by molar-refractivity contribution is 0.0745. The molecule has 1 N–H and O–H groups in total. The van der Waals surface area contributed by atoms with Gasteiger partial charge in [-0.15, -0.1) is 10.2 Å². The summed E-state index contributed by atoms with van der Waals surface area (Å²) >= 11 is 0. The zero-order valence-corrected chi connectivity index (χ0v) is 16.2. The topological polar surface area (TPSA) is 58.1 Å². The number of hydrogen-bond acceptors (Lipinski definition) is 4. The summed E-state index contributed by atoms with van der Waals surface area (Å²) in [6.45, 7) is 3.97. The van der Waals surface area contributed by atoms with E-state index in [4.69, 9.17) is 0 Å². The van der Waals surface area contributed by atoms with Crippen LogP contribution >= 0.6 is 0 Å². The van der Waals surface area contributed by atoms with Gasteiger partial charge in [0.2, 0.25) is 0 Å². The monoisotopic (exact) mass is 374 g/mol. The van der Waals surface area contributed by atoms with Gasteiger partial charge in [-0.25, -0.2) is 0 Å². The smallest absolute Gasteiger partial charge is 0.274 e. The van der Waals surface area contributed by atoms with Gasteiger partial charge in [-0.1, -0.05) is 60.7 Å². The van der Waals surface area contributed by atoms with Crippen LogP contribution in [0.4, 0.5) is 5.82 Å². The maximum atomic E-state index is 12.7. The van der Waals surface area contributed by atoms with E-state index >= 15 is 0 Å². The van der Waals surface area contributed by atoms with Crippen LogP contribution in [0.1, 0.15) is 35.0 Å². The van der Waals surface area contributed by atoms with Crippen molar-refractivity contribution >= 4 is 11.7 Å². The summed E-state index contributed by atoms with van der Waals surface area (Å²) < 4.78 is 0. The predicted molar refractivity (Wildman–Crippen MR) is 112 cm³/mol. The zero-order chi connectivity index (χ0) is 19.6. The van der Waals surface area contributed by atoms with Crippen molar-refractivity contribution in [2.24, 2.45) is 0 Å². The third-order valence-corrected chi connectivity index (χ3v) is 4.56. The number of nitrogens with zero attached hydrogens (tertiary/aromatic N) is 3. The van der Waals surface area contributed by atoms with Crippen molar-refractivity contribution in [1.82, 2.24) is 15.1 Å². The fraction of sp³-hybridized carbons (Fsp3) is 0.261. The van der Waals surface area contributed by atoms with Gasteiger partial charge in [0, 0.05) is 19.6 Å². The lowest BCUT2D eigenvalue weighted by Crippen LogP contribution is -2.31. The molecule has 0 atom stereocenters. The van der Waals surface area contributed by atoms with Crippen molar-refractivity contribution in [3.63, 3.8) is 0 Å². The fourth-order valence-electron chi connectivity index (χ4n) is 2.99. The highest BCUT2D eigenvalue weighted by molar-refractivity contribution is 5.92. The SMILES string of the molecule is CCN(Cc1ccccc1)C(=O)c1ccc(NCCCc2ccccc2)nn1. The molecule has 0 saturated heterocycles. The molecule has 144 valence electrons. The number of benzene rings is 2. The lowest BCUT2D eigenvalue weighted by atomic mass is 10.1. The molecule has 28 heavy (non-hydrogen) atoms. The zero-order valence-electron chi connectivity index (χ0n) is 16.2. The number of carbonyl (C=O) groups excluding carboxylic acids is 1. The molecular formula is C23H26N4O. The van der Waals surface area contributed by atoms with E-state index in [1.807, 2.05) is 49.4 Å². The number of amides is 1. The van der Waals surface area contributed by atoms with Crippen molar-refractivity contribution in [2.45, 2.75) is 26.3 Å². The highest BCUT2D eigenvalue weighted by atomic mass is 16.2. The van der Waals surface area contributed by atoms with E-state index in [0.29, 0.717) is 24.6 Å². The molecule has 2 aromatic carbocycles. The van der Waals surface area contributed by atoms with Gasteiger partial charge < -0.3 is 10.2 Å². The molecule has 0 spiro atoms. The average molecular weight is 374 g/mol. The minimum absolute atomic E-state index is 0.102. The van der Waals surface area contributed by atoms with Crippen molar-refractivity contribution in [2.75, 3.05) is 18.4 Å². The van der Waals surface area contributed by atoms with E-state index in [-0.39, 0.29) is 5.91 Å². The van der Waals surface area contributed by atoms with E-state index in [1.165, 1.54) is 5.56 Å². The molecule has 0 aliphatic heterocycles. The van der Waals surface area contributed by atoms with Gasteiger partial charge in [-0.2, -0.15) is 0 Å². The Morgan fingerprint density at radius 2 is 1.57 bits per heavy atom. The number of aromatic nitrogens is 2. The van der Waals surface area contributed by atoms with Gasteiger partial charge in [0.05, 0.1) is 0 Å². The van der Waals surface area contributed by atoms with Crippen molar-refractivity contribution in [3.8, 4) is 0 Å². The number of nitrogens with one attached hydrogen (secondary N) is 1. The third-order valence-electron chi connectivity index (χ3n) is 4.56. The van der Waals surface area contributed by atoms with Crippen molar-refractivity contribution in [1.29, 1.82) is 0 Å². The molecule has 5 heteroatoms. The molecule has 0 saturated carbocycles. The number of rotatable bonds is 9. The second-order valence-corrected chi connectivity index (χ2v) is 6.62. The minimum Gasteiger partial charge on any atom is -0.369 e. The summed E-state index contributed by atoms with van der Waals surface area (Å²) in [5, 5.41) is 11.5. The second kappa shape index (κ2) is 10.2. The van der Waals surface area contributed by atoms with E-state index in [9.17, 15) is 4.79 Å². The summed E-state index contributed by atoms with van der Waals surface area (Å²) in [6.07, 6.45) is 2.02. The molecule has 1 aromatic heterocycles. The summed E-state index contributed by atoms with van der Waals surface area (Å²) in [6, 6.07) is 23.9. The summed E-state index contributed by atoms with van der Waals surface area (Å²) in [5.41, 5.74) is 2.80. The number of anilines is 1. The number of hydrogen-bond donors (Lipinski definition) is 1. The quantitative estimate of drug-likeness (QED) is 0.571. The Labute approximate surface area is 166 Å². The summed E-state index contributed by atoms with van der Waals surface area (Å²) in [5.74, 6) is 0.588. The van der Waals surface area contributed by atoms with E-state index < -0.39 is 0 Å². The highest BCUT2D eigenvalue weighted by Crippen LogP contribution is 2.10. The molecule has 0 bridgehead atoms. The first-order valence-electron chi connectivity index (χ1n) is 9.71. The van der Waals surface area contributed by atoms with Crippen LogP contribution in [-0.4, -0.2) is 34.1 Å². The van der Waals surface area contributed by atoms with Gasteiger partial charge >= 0.3 is 0 Å². The Morgan fingerprint density at radius 1 is 0.893 bits per heavy atom. The van der Waals surface area contributed by atoms with Crippen LogP contribution < -0.4 is 5.32 Å². The maximum absolute atomic E-state index is 12.7. The first-order chi connectivity index (χ1) is 13.8. The average Bonchev–Trinajstić information content (AvgIpc) is 2.76. The predicted octanol–water partition coefficient (Wildman–Crippen LogP) is 4.18. The summed E-state index contributed by atoms with van der Waals surface area (Å²) in [7, 11) is 0. The van der Waals surface area contributed by atoms with Crippen LogP contribution in [0.2, 0.25) is 0 Å².